The lowest BCUT2D eigenvalue weighted by Gasteiger charge is -2.30. The number of rotatable bonds is 6. The van der Waals surface area contributed by atoms with Gasteiger partial charge in [0.25, 0.3) is 0 Å². The van der Waals surface area contributed by atoms with Crippen molar-refractivity contribution in [2.24, 2.45) is 17.8 Å². The first-order valence-corrected chi connectivity index (χ1v) is 9.87. The average molecular weight is 358 g/mol. The summed E-state index contributed by atoms with van der Waals surface area (Å²) in [7, 11) is 0. The first-order chi connectivity index (χ1) is 12.4. The lowest BCUT2D eigenvalue weighted by atomic mass is 9.84. The molecule has 142 valence electrons. The Hall–Kier alpha value is -1.75. The summed E-state index contributed by atoms with van der Waals surface area (Å²) in [4.78, 5) is 12.5. The Balaban J connectivity index is 1.30. The maximum Gasteiger partial charge on any atom is 0.234 e. The molecule has 4 rings (SSSR count). The standard InChI is InChI=1S/C21H30N2O3/c1-13(17-9-14-4-5-15(17)8-14)23-20(24)11-22-21(2,3)16-6-7-18-19(10-16)26-12-25-18/h6-7,10,13-15,17,22H,4-5,8-9,11-12H2,1-3H3,(H,23,24). The third-order valence-electron chi connectivity index (χ3n) is 6.61. The van der Waals surface area contributed by atoms with Crippen LogP contribution in [0.3, 0.4) is 0 Å². The zero-order valence-corrected chi connectivity index (χ0v) is 16.0. The first kappa shape index (κ1) is 17.7. The van der Waals surface area contributed by atoms with E-state index in [-0.39, 0.29) is 24.3 Å². The quantitative estimate of drug-likeness (QED) is 0.820. The van der Waals surface area contributed by atoms with Crippen molar-refractivity contribution >= 4 is 5.91 Å². The maximum atomic E-state index is 12.5. The third kappa shape index (κ3) is 3.41. The molecule has 0 spiro atoms. The summed E-state index contributed by atoms with van der Waals surface area (Å²) in [5, 5.41) is 6.61. The lowest BCUT2D eigenvalue weighted by molar-refractivity contribution is -0.121. The molecule has 3 aliphatic rings. The highest BCUT2D eigenvalue weighted by molar-refractivity contribution is 5.78. The van der Waals surface area contributed by atoms with Gasteiger partial charge in [0, 0.05) is 11.6 Å². The molecule has 2 fully saturated rings. The van der Waals surface area contributed by atoms with Crippen LogP contribution in [0.4, 0.5) is 0 Å². The molecule has 4 unspecified atom stereocenters. The van der Waals surface area contributed by atoms with Crippen molar-refractivity contribution in [2.45, 2.75) is 58.0 Å². The number of benzene rings is 1. The van der Waals surface area contributed by atoms with Crippen LogP contribution in [0.1, 0.15) is 52.0 Å². The average Bonchev–Trinajstić information content (AvgIpc) is 3.35. The normalized spacial score (nSPS) is 27.6. The van der Waals surface area contributed by atoms with E-state index < -0.39 is 0 Å². The molecule has 0 radical (unpaired) electrons. The number of fused-ring (bicyclic) bond motifs is 3. The lowest BCUT2D eigenvalue weighted by Crippen LogP contribution is -2.47. The number of ether oxygens (including phenoxy) is 2. The topological polar surface area (TPSA) is 59.6 Å². The van der Waals surface area contributed by atoms with E-state index in [1.807, 2.05) is 18.2 Å². The fourth-order valence-corrected chi connectivity index (χ4v) is 5.01. The van der Waals surface area contributed by atoms with Gasteiger partial charge in [-0.15, -0.1) is 0 Å². The highest BCUT2D eigenvalue weighted by Gasteiger charge is 2.42. The third-order valence-corrected chi connectivity index (χ3v) is 6.61. The summed E-state index contributed by atoms with van der Waals surface area (Å²) in [6, 6.07) is 6.22. The van der Waals surface area contributed by atoms with Crippen molar-refractivity contribution in [3.8, 4) is 11.5 Å². The van der Waals surface area contributed by atoms with Crippen LogP contribution in [0.15, 0.2) is 18.2 Å². The Kier molecular flexibility index (Phi) is 4.59. The monoisotopic (exact) mass is 358 g/mol. The highest BCUT2D eigenvalue weighted by Crippen LogP contribution is 2.49. The summed E-state index contributed by atoms with van der Waals surface area (Å²) in [6.07, 6.45) is 5.42. The Bertz CT molecular complexity index is 688. The number of carbonyl (C=O) groups excluding carboxylic acids is 1. The highest BCUT2D eigenvalue weighted by atomic mass is 16.7. The first-order valence-electron chi connectivity index (χ1n) is 9.87. The van der Waals surface area contributed by atoms with Gasteiger partial charge in [-0.2, -0.15) is 0 Å². The Morgan fingerprint density at radius 1 is 1.23 bits per heavy atom. The molecular formula is C21H30N2O3. The van der Waals surface area contributed by atoms with E-state index in [9.17, 15) is 4.79 Å². The van der Waals surface area contributed by atoms with Gasteiger partial charge in [-0.3, -0.25) is 10.1 Å². The van der Waals surface area contributed by atoms with Crippen molar-refractivity contribution in [3.63, 3.8) is 0 Å². The molecule has 5 heteroatoms. The van der Waals surface area contributed by atoms with E-state index in [0.717, 1.165) is 28.9 Å². The van der Waals surface area contributed by atoms with Gasteiger partial charge in [0.2, 0.25) is 12.7 Å². The van der Waals surface area contributed by atoms with Crippen LogP contribution in [-0.4, -0.2) is 25.3 Å². The van der Waals surface area contributed by atoms with Gasteiger partial charge < -0.3 is 14.8 Å². The molecule has 1 aromatic rings. The molecule has 2 saturated carbocycles. The fourth-order valence-electron chi connectivity index (χ4n) is 5.01. The largest absolute Gasteiger partial charge is 0.454 e. The van der Waals surface area contributed by atoms with Crippen LogP contribution in [0.2, 0.25) is 0 Å². The summed E-state index contributed by atoms with van der Waals surface area (Å²) >= 11 is 0. The molecule has 0 saturated heterocycles. The van der Waals surface area contributed by atoms with E-state index in [4.69, 9.17) is 9.47 Å². The molecule has 1 amide bonds. The Morgan fingerprint density at radius 2 is 2.04 bits per heavy atom. The number of amides is 1. The summed E-state index contributed by atoms with van der Waals surface area (Å²) in [6.45, 7) is 6.92. The molecule has 5 nitrogen and oxygen atoms in total. The minimum absolute atomic E-state index is 0.0779. The zero-order chi connectivity index (χ0) is 18.3. The van der Waals surface area contributed by atoms with Crippen LogP contribution < -0.4 is 20.1 Å². The second kappa shape index (κ2) is 6.76. The molecular weight excluding hydrogens is 328 g/mol. The van der Waals surface area contributed by atoms with E-state index >= 15 is 0 Å². The molecule has 1 aliphatic heterocycles. The number of hydrogen-bond donors (Lipinski definition) is 2. The number of nitrogens with one attached hydrogen (secondary N) is 2. The van der Waals surface area contributed by atoms with Crippen LogP contribution >= 0.6 is 0 Å². The maximum absolute atomic E-state index is 12.5. The van der Waals surface area contributed by atoms with Crippen molar-refractivity contribution in [3.05, 3.63) is 23.8 Å². The van der Waals surface area contributed by atoms with Gasteiger partial charge >= 0.3 is 0 Å². The molecule has 2 N–H and O–H groups in total. The van der Waals surface area contributed by atoms with Crippen LogP contribution in [-0.2, 0) is 10.3 Å². The number of hydrogen-bond acceptors (Lipinski definition) is 4. The van der Waals surface area contributed by atoms with Crippen molar-refractivity contribution in [1.82, 2.24) is 10.6 Å². The molecule has 1 aromatic carbocycles. The summed E-state index contributed by atoms with van der Waals surface area (Å²) in [5.41, 5.74) is 0.754. The molecule has 2 aliphatic carbocycles. The van der Waals surface area contributed by atoms with Crippen LogP contribution in [0, 0.1) is 17.8 Å². The second-order valence-electron chi connectivity index (χ2n) is 8.74. The van der Waals surface area contributed by atoms with E-state index in [1.54, 1.807) is 0 Å². The van der Waals surface area contributed by atoms with Gasteiger partial charge in [-0.05, 0) is 75.5 Å². The smallest absolute Gasteiger partial charge is 0.234 e. The molecule has 4 atom stereocenters. The molecule has 0 aromatic heterocycles. The van der Waals surface area contributed by atoms with Crippen LogP contribution in [0.5, 0.6) is 11.5 Å². The predicted octanol–water partition coefficient (Wildman–Crippen LogP) is 3.18. The van der Waals surface area contributed by atoms with Gasteiger partial charge in [0.1, 0.15) is 0 Å². The molecule has 26 heavy (non-hydrogen) atoms. The van der Waals surface area contributed by atoms with E-state index in [0.29, 0.717) is 12.5 Å². The van der Waals surface area contributed by atoms with Crippen molar-refractivity contribution < 1.29 is 14.3 Å². The summed E-state index contributed by atoms with van der Waals surface area (Å²) < 4.78 is 10.8. The van der Waals surface area contributed by atoms with Gasteiger partial charge in [0.15, 0.2) is 11.5 Å². The van der Waals surface area contributed by atoms with Crippen molar-refractivity contribution in [2.75, 3.05) is 13.3 Å². The van der Waals surface area contributed by atoms with Gasteiger partial charge in [0.05, 0.1) is 6.54 Å². The van der Waals surface area contributed by atoms with Crippen LogP contribution in [0.25, 0.3) is 0 Å². The number of carbonyl (C=O) groups is 1. The van der Waals surface area contributed by atoms with Crippen molar-refractivity contribution in [1.29, 1.82) is 0 Å². The molecule has 1 heterocycles. The minimum Gasteiger partial charge on any atom is -0.454 e. The predicted molar refractivity (Wildman–Crippen MR) is 100 cm³/mol. The fraction of sp³-hybridized carbons (Fsp3) is 0.667. The van der Waals surface area contributed by atoms with E-state index in [2.05, 4.69) is 31.4 Å². The zero-order valence-electron chi connectivity index (χ0n) is 16.0. The van der Waals surface area contributed by atoms with E-state index in [1.165, 1.54) is 25.7 Å². The minimum atomic E-state index is -0.325. The SMILES string of the molecule is CC(NC(=O)CNC(C)(C)c1ccc2c(c1)OCO2)C1CC2CCC1C2. The second-order valence-corrected chi connectivity index (χ2v) is 8.74. The van der Waals surface area contributed by atoms with Gasteiger partial charge in [-0.1, -0.05) is 12.5 Å². The molecule has 2 bridgehead atoms. The Labute approximate surface area is 155 Å². The summed E-state index contributed by atoms with van der Waals surface area (Å²) in [5.74, 6) is 4.03. The Morgan fingerprint density at radius 3 is 2.77 bits per heavy atom. The van der Waals surface area contributed by atoms with Gasteiger partial charge in [-0.25, -0.2) is 0 Å².